The molecule has 0 amide bonds. The Hall–Kier alpha value is -3.10. The number of oxime groups is 1. The number of anilines is 1. The van der Waals surface area contributed by atoms with E-state index in [2.05, 4.69) is 10.1 Å². The predicted octanol–water partition coefficient (Wildman–Crippen LogP) is 0.611. The summed E-state index contributed by atoms with van der Waals surface area (Å²) < 4.78 is 42.5. The fourth-order valence-electron chi connectivity index (χ4n) is 3.59. The van der Waals surface area contributed by atoms with Crippen LogP contribution < -0.4 is 16.1 Å². The van der Waals surface area contributed by atoms with Crippen LogP contribution in [-0.2, 0) is 15.0 Å². The largest absolute Gasteiger partial charge is 0.477 e. The fraction of sp³-hybridized carbons (Fsp3) is 0.474. The third kappa shape index (κ3) is 5.29. The number of halogens is 1. The van der Waals surface area contributed by atoms with Crippen molar-refractivity contribution >= 4 is 38.7 Å². The predicted molar refractivity (Wildman–Crippen MR) is 118 cm³/mol. The number of nitrogens with two attached hydrogens (primary N) is 1. The van der Waals surface area contributed by atoms with Gasteiger partial charge in [-0.3, -0.25) is 9.35 Å². The molecule has 1 saturated heterocycles. The highest BCUT2D eigenvalue weighted by atomic mass is 32.2. The van der Waals surface area contributed by atoms with E-state index in [1.54, 1.807) is 9.47 Å². The Morgan fingerprint density at radius 3 is 2.52 bits per heavy atom. The maximum absolute atomic E-state index is 14.9. The van der Waals surface area contributed by atoms with Gasteiger partial charge in [0.25, 0.3) is 10.1 Å². The summed E-state index contributed by atoms with van der Waals surface area (Å²) in [5, 5.41) is 13.2. The average Bonchev–Trinajstić information content (AvgIpc) is 3.50. The van der Waals surface area contributed by atoms with Gasteiger partial charge < -0.3 is 25.1 Å². The average molecular weight is 485 g/mol. The third-order valence-corrected chi connectivity index (χ3v) is 5.32. The van der Waals surface area contributed by atoms with Gasteiger partial charge in [-0.05, 0) is 25.8 Å². The second-order valence-electron chi connectivity index (χ2n) is 7.87. The monoisotopic (exact) mass is 485 g/mol. The number of pyridine rings is 2. The van der Waals surface area contributed by atoms with Gasteiger partial charge in [-0.1, -0.05) is 5.16 Å². The quantitative estimate of drug-likeness (QED) is 0.410. The van der Waals surface area contributed by atoms with Crippen LogP contribution in [0.2, 0.25) is 0 Å². The summed E-state index contributed by atoms with van der Waals surface area (Å²) >= 11 is 0. The summed E-state index contributed by atoms with van der Waals surface area (Å²) in [4.78, 5) is 34.9. The molecule has 33 heavy (non-hydrogen) atoms. The lowest BCUT2D eigenvalue weighted by Crippen LogP contribution is -2.39. The first kappa shape index (κ1) is 24.5. The molecule has 3 heterocycles. The Labute approximate surface area is 188 Å². The van der Waals surface area contributed by atoms with Gasteiger partial charge in [0.05, 0.1) is 29.9 Å². The lowest BCUT2D eigenvalue weighted by molar-refractivity contribution is 0.0694. The molecule has 0 spiro atoms. The van der Waals surface area contributed by atoms with Crippen LogP contribution in [0, 0.1) is 5.82 Å². The van der Waals surface area contributed by atoms with Crippen molar-refractivity contribution in [1.29, 1.82) is 0 Å². The van der Waals surface area contributed by atoms with Crippen LogP contribution in [-0.4, -0.2) is 71.3 Å². The zero-order valence-corrected chi connectivity index (χ0v) is 18.9. The van der Waals surface area contributed by atoms with E-state index >= 15 is 0 Å². The van der Waals surface area contributed by atoms with E-state index in [4.69, 9.17) is 15.1 Å². The highest BCUT2D eigenvalue weighted by Crippen LogP contribution is 2.37. The van der Waals surface area contributed by atoms with Crippen LogP contribution in [0.15, 0.2) is 22.2 Å². The third-order valence-electron chi connectivity index (χ3n) is 5.32. The number of hydrogen-bond donors (Lipinski definition) is 3. The first-order valence-electron chi connectivity index (χ1n) is 9.86. The number of carboxylic acid groups (broad SMARTS) is 1. The van der Waals surface area contributed by atoms with Crippen molar-refractivity contribution in [3.63, 3.8) is 0 Å². The summed E-state index contributed by atoms with van der Waals surface area (Å²) in [5.41, 5.74) is 5.84. The van der Waals surface area contributed by atoms with E-state index in [1.807, 2.05) is 6.92 Å². The number of hydrogen-bond acceptors (Lipinski definition) is 9. The Morgan fingerprint density at radius 2 is 2.00 bits per heavy atom. The highest BCUT2D eigenvalue weighted by molar-refractivity contribution is 7.85. The summed E-state index contributed by atoms with van der Waals surface area (Å²) in [6.45, 7) is 2.07. The number of aromatic nitrogens is 2. The first-order chi connectivity index (χ1) is 15.3. The number of nitrogens with zero attached hydrogens (tertiary/aromatic N) is 4. The second-order valence-corrected chi connectivity index (χ2v) is 9.34. The highest BCUT2D eigenvalue weighted by Gasteiger charge is 2.37. The second kappa shape index (κ2) is 9.03. The van der Waals surface area contributed by atoms with Crippen LogP contribution in [0.5, 0.6) is 0 Å². The fourth-order valence-corrected chi connectivity index (χ4v) is 3.59. The molecule has 0 bridgehead atoms. The molecule has 0 aromatic carbocycles. The number of carbonyl (C=O) groups is 1. The minimum absolute atomic E-state index is 0.0463. The Balaban J connectivity index is 0.000000555. The summed E-state index contributed by atoms with van der Waals surface area (Å²) in [5.74, 6) is -2.01. The van der Waals surface area contributed by atoms with Crippen LogP contribution >= 0.6 is 0 Å². The van der Waals surface area contributed by atoms with Crippen molar-refractivity contribution < 1.29 is 32.1 Å². The van der Waals surface area contributed by atoms with Crippen molar-refractivity contribution in [2.45, 2.75) is 37.9 Å². The van der Waals surface area contributed by atoms with Crippen LogP contribution in [0.25, 0.3) is 11.0 Å². The standard InChI is InChI=1S/C18H20FN5O4.CH4O3S/c1-8-14(20)13(22-28-2)7-23(8)17-12(19)5-10-15(25)11(18(26)27)6-24(9-3-4-9)16(10)21-17;1-5(2,3)4/h5-6,8-9,14H,3-4,7,20H2,1-2H3,(H,26,27);1H3,(H,2,3,4). The van der Waals surface area contributed by atoms with Crippen molar-refractivity contribution in [3.05, 3.63) is 33.9 Å². The zero-order valence-electron chi connectivity index (χ0n) is 18.1. The summed E-state index contributed by atoms with van der Waals surface area (Å²) in [7, 11) is -2.25. The maximum Gasteiger partial charge on any atom is 0.341 e. The SMILES string of the molecule is CON=C1CN(c2nc3c(cc2F)c(=O)c(C(=O)O)cn3C2CC2)C(C)C1N.CS(=O)(=O)O. The van der Waals surface area contributed by atoms with Crippen LogP contribution in [0.4, 0.5) is 10.2 Å². The van der Waals surface area contributed by atoms with Crippen molar-refractivity contribution in [2.24, 2.45) is 10.9 Å². The van der Waals surface area contributed by atoms with Crippen molar-refractivity contribution in [1.82, 2.24) is 9.55 Å². The van der Waals surface area contributed by atoms with Gasteiger partial charge in [-0.2, -0.15) is 8.42 Å². The number of aromatic carboxylic acids is 1. The lowest BCUT2D eigenvalue weighted by Gasteiger charge is -2.24. The molecule has 2 aromatic rings. The Morgan fingerprint density at radius 1 is 1.39 bits per heavy atom. The van der Waals surface area contributed by atoms with Crippen LogP contribution in [0.3, 0.4) is 0 Å². The van der Waals surface area contributed by atoms with E-state index in [0.717, 1.165) is 18.9 Å². The smallest absolute Gasteiger partial charge is 0.341 e. The zero-order chi connectivity index (χ0) is 24.7. The molecule has 2 fully saturated rings. The maximum atomic E-state index is 14.9. The van der Waals surface area contributed by atoms with Gasteiger partial charge in [0.1, 0.15) is 18.3 Å². The molecule has 2 atom stereocenters. The molecule has 14 heteroatoms. The molecule has 1 aliphatic carbocycles. The minimum Gasteiger partial charge on any atom is -0.477 e. The number of fused-ring (bicyclic) bond motifs is 1. The first-order valence-corrected chi connectivity index (χ1v) is 11.7. The topological polar surface area (TPSA) is 177 Å². The van der Waals surface area contributed by atoms with Gasteiger partial charge in [-0.25, -0.2) is 14.2 Å². The molecular weight excluding hydrogens is 461 g/mol. The molecule has 1 aliphatic heterocycles. The van der Waals surface area contributed by atoms with E-state index in [9.17, 15) is 27.5 Å². The molecule has 4 rings (SSSR count). The summed E-state index contributed by atoms with van der Waals surface area (Å²) in [6, 6.07) is 0.384. The lowest BCUT2D eigenvalue weighted by atomic mass is 10.1. The molecule has 12 nitrogen and oxygen atoms in total. The molecule has 0 radical (unpaired) electrons. The van der Waals surface area contributed by atoms with Gasteiger partial charge in [0.15, 0.2) is 11.6 Å². The molecule has 2 unspecified atom stereocenters. The van der Waals surface area contributed by atoms with Crippen molar-refractivity contribution in [2.75, 3.05) is 24.8 Å². The molecule has 4 N–H and O–H groups in total. The summed E-state index contributed by atoms with van der Waals surface area (Å²) in [6.07, 6.45) is 3.71. The van der Waals surface area contributed by atoms with Crippen LogP contribution in [0.1, 0.15) is 36.2 Å². The minimum atomic E-state index is -3.67. The van der Waals surface area contributed by atoms with E-state index < -0.39 is 33.4 Å². The molecule has 2 aromatic heterocycles. The Bertz CT molecular complexity index is 1280. The molecule has 1 saturated carbocycles. The molecule has 2 aliphatic rings. The van der Waals surface area contributed by atoms with E-state index in [-0.39, 0.29) is 41.0 Å². The van der Waals surface area contributed by atoms with Gasteiger partial charge in [-0.15, -0.1) is 0 Å². The number of carboxylic acids is 1. The Kier molecular flexibility index (Phi) is 6.72. The van der Waals surface area contributed by atoms with Gasteiger partial charge in [0, 0.05) is 18.3 Å². The number of rotatable bonds is 4. The van der Waals surface area contributed by atoms with E-state index in [1.165, 1.54) is 13.3 Å². The van der Waals surface area contributed by atoms with Gasteiger partial charge >= 0.3 is 5.97 Å². The molecule has 180 valence electrons. The van der Waals surface area contributed by atoms with E-state index in [0.29, 0.717) is 12.0 Å². The van der Waals surface area contributed by atoms with Gasteiger partial charge in [0.2, 0.25) is 5.43 Å². The normalized spacial score (nSPS) is 21.8. The van der Waals surface area contributed by atoms with Crippen molar-refractivity contribution in [3.8, 4) is 0 Å². The molecular formula is C19H24FN5O7S.